The molecule has 1 heterocycles. The number of halogens is 1. The minimum absolute atomic E-state index is 0.125. The Balaban J connectivity index is 2.70. The lowest BCUT2D eigenvalue weighted by Crippen LogP contribution is -2.44. The van der Waals surface area contributed by atoms with Gasteiger partial charge < -0.3 is 13.9 Å². The van der Waals surface area contributed by atoms with E-state index in [-0.39, 0.29) is 23.4 Å². The first-order valence-electron chi connectivity index (χ1n) is 9.98. The van der Waals surface area contributed by atoms with Gasteiger partial charge in [-0.2, -0.15) is 0 Å². The number of ether oxygens (including phenoxy) is 2. The Hall–Kier alpha value is 0.567. The lowest BCUT2D eigenvalue weighted by molar-refractivity contribution is -0.148. The van der Waals surface area contributed by atoms with E-state index in [1.54, 1.807) is 0 Å². The molecule has 154 valence electrons. The van der Waals surface area contributed by atoms with Gasteiger partial charge in [-0.05, 0) is 51.2 Å². The Morgan fingerprint density at radius 2 is 1.69 bits per heavy atom. The molecule has 0 aromatic carbocycles. The average molecular weight is 497 g/mol. The van der Waals surface area contributed by atoms with Crippen molar-refractivity contribution in [3.05, 3.63) is 12.2 Å². The van der Waals surface area contributed by atoms with E-state index in [1.165, 1.54) is 0 Å². The summed E-state index contributed by atoms with van der Waals surface area (Å²) in [6.07, 6.45) is 6.16. The minimum Gasteiger partial charge on any atom is -0.414 e. The zero-order valence-corrected chi connectivity index (χ0v) is 21.7. The third-order valence-electron chi connectivity index (χ3n) is 5.88. The highest BCUT2D eigenvalue weighted by Gasteiger charge is 2.43. The van der Waals surface area contributed by atoms with Gasteiger partial charge in [0.15, 0.2) is 14.1 Å². The molecule has 0 aromatic heterocycles. The lowest BCUT2D eigenvalue weighted by Gasteiger charge is -2.39. The van der Waals surface area contributed by atoms with Crippen LogP contribution < -0.4 is 0 Å². The van der Waals surface area contributed by atoms with Gasteiger partial charge in [-0.3, -0.25) is 0 Å². The number of hydrogen-bond acceptors (Lipinski definition) is 3. The molecular weight excluding hydrogens is 455 g/mol. The first kappa shape index (κ1) is 24.6. The molecule has 0 aliphatic carbocycles. The quantitative estimate of drug-likeness (QED) is 0.165. The molecule has 3 nitrogen and oxygen atoms in total. The smallest absolute Gasteiger partial charge is 0.192 e. The van der Waals surface area contributed by atoms with Crippen LogP contribution in [-0.4, -0.2) is 36.8 Å². The fraction of sp³-hybridized carbons (Fsp3) is 0.905. The summed E-state index contributed by atoms with van der Waals surface area (Å²) < 4.78 is 19.9. The van der Waals surface area contributed by atoms with Crippen LogP contribution in [0.2, 0.25) is 18.1 Å². The molecule has 1 aliphatic rings. The van der Waals surface area contributed by atoms with Crippen LogP contribution in [0.3, 0.4) is 0 Å². The van der Waals surface area contributed by atoms with Gasteiger partial charge in [0, 0.05) is 16.4 Å². The monoisotopic (exact) mass is 496 g/mol. The maximum absolute atomic E-state index is 6.55. The Kier molecular flexibility index (Phi) is 8.87. The fourth-order valence-electron chi connectivity index (χ4n) is 3.00. The molecule has 0 aromatic rings. The highest BCUT2D eigenvalue weighted by Crippen LogP contribution is 2.38. The van der Waals surface area contributed by atoms with E-state index < -0.39 is 14.1 Å². The molecule has 26 heavy (non-hydrogen) atoms. The van der Waals surface area contributed by atoms with Crippen LogP contribution in [0.4, 0.5) is 0 Å². The molecule has 0 N–H and O–H groups in total. The second-order valence-corrected chi connectivity index (χ2v) is 15.6. The Morgan fingerprint density at radius 1 is 1.12 bits per heavy atom. The summed E-state index contributed by atoms with van der Waals surface area (Å²) in [5.41, 5.74) is 0. The van der Waals surface area contributed by atoms with Crippen LogP contribution in [0.25, 0.3) is 0 Å². The second-order valence-electron chi connectivity index (χ2n) is 9.80. The molecule has 5 heteroatoms. The Labute approximate surface area is 176 Å². The zero-order valence-electron chi connectivity index (χ0n) is 18.6. The van der Waals surface area contributed by atoms with E-state index >= 15 is 0 Å². The second kappa shape index (κ2) is 9.38. The summed E-state index contributed by atoms with van der Waals surface area (Å²) in [5, 5.41) is 0.241. The molecule has 0 spiro atoms. The van der Waals surface area contributed by atoms with Crippen molar-refractivity contribution >= 4 is 30.9 Å². The molecule has 0 amide bonds. The summed E-state index contributed by atoms with van der Waals surface area (Å²) in [4.78, 5) is 0. The molecular formula is C21H41IO3Si. The van der Waals surface area contributed by atoms with Crippen LogP contribution >= 0.6 is 22.6 Å². The first-order valence-corrected chi connectivity index (χ1v) is 14.4. The van der Waals surface area contributed by atoms with Crippen LogP contribution in [0.15, 0.2) is 12.2 Å². The van der Waals surface area contributed by atoms with E-state index in [0.29, 0.717) is 11.8 Å². The third-order valence-corrected chi connectivity index (χ3v) is 11.1. The molecule has 0 bridgehead atoms. The highest BCUT2D eigenvalue weighted by molar-refractivity contribution is 14.1. The maximum Gasteiger partial charge on any atom is 0.192 e. The summed E-state index contributed by atoms with van der Waals surface area (Å²) in [6.45, 7) is 22.2. The molecule has 1 aliphatic heterocycles. The maximum atomic E-state index is 6.55. The largest absolute Gasteiger partial charge is 0.414 e. The van der Waals surface area contributed by atoms with E-state index in [0.717, 1.165) is 10.8 Å². The first-order chi connectivity index (χ1) is 11.7. The third kappa shape index (κ3) is 6.87. The zero-order chi connectivity index (χ0) is 20.3. The van der Waals surface area contributed by atoms with Crippen molar-refractivity contribution in [1.82, 2.24) is 0 Å². The van der Waals surface area contributed by atoms with Crippen molar-refractivity contribution in [2.75, 3.05) is 4.43 Å². The molecule has 1 rings (SSSR count). The average Bonchev–Trinajstić information content (AvgIpc) is 2.78. The van der Waals surface area contributed by atoms with Crippen molar-refractivity contribution < 1.29 is 13.9 Å². The van der Waals surface area contributed by atoms with Gasteiger partial charge in [-0.25, -0.2) is 0 Å². The number of rotatable bonds is 8. The van der Waals surface area contributed by atoms with E-state index in [9.17, 15) is 0 Å². The molecule has 5 atom stereocenters. The lowest BCUT2D eigenvalue weighted by atomic mass is 9.95. The van der Waals surface area contributed by atoms with Crippen LogP contribution in [0, 0.1) is 11.8 Å². The van der Waals surface area contributed by atoms with Crippen LogP contribution in [-0.2, 0) is 13.9 Å². The fourth-order valence-corrected chi connectivity index (χ4v) is 5.12. The van der Waals surface area contributed by atoms with Crippen molar-refractivity contribution in [1.29, 1.82) is 0 Å². The van der Waals surface area contributed by atoms with Crippen LogP contribution in [0.5, 0.6) is 0 Å². The SMILES string of the molecule is CC(/C=C\C(C)C1OC(C)(C)O[C@H]1CCI)C(C)O[Si](C)(C)C(C)(C)C. The summed E-state index contributed by atoms with van der Waals surface area (Å²) in [5.74, 6) is 0.227. The van der Waals surface area contributed by atoms with Crippen molar-refractivity contribution in [3.63, 3.8) is 0 Å². The van der Waals surface area contributed by atoms with Crippen molar-refractivity contribution in [3.8, 4) is 0 Å². The molecule has 0 radical (unpaired) electrons. The van der Waals surface area contributed by atoms with Gasteiger partial charge in [-0.1, -0.05) is 69.4 Å². The summed E-state index contributed by atoms with van der Waals surface area (Å²) >= 11 is 2.42. The van der Waals surface area contributed by atoms with E-state index in [1.807, 2.05) is 13.8 Å². The number of hydrogen-bond donors (Lipinski definition) is 0. The van der Waals surface area contributed by atoms with Gasteiger partial charge in [0.25, 0.3) is 0 Å². The summed E-state index contributed by atoms with van der Waals surface area (Å²) in [7, 11) is -1.73. The molecule has 0 saturated carbocycles. The molecule has 1 saturated heterocycles. The summed E-state index contributed by atoms with van der Waals surface area (Å²) in [6, 6.07) is 0. The van der Waals surface area contributed by atoms with Gasteiger partial charge in [0.2, 0.25) is 0 Å². The normalized spacial score (nSPS) is 27.7. The Bertz CT molecular complexity index is 470. The van der Waals surface area contributed by atoms with E-state index in [4.69, 9.17) is 13.9 Å². The van der Waals surface area contributed by atoms with E-state index in [2.05, 4.69) is 89.4 Å². The Morgan fingerprint density at radius 3 is 2.19 bits per heavy atom. The van der Waals surface area contributed by atoms with Crippen molar-refractivity contribution in [2.24, 2.45) is 11.8 Å². The van der Waals surface area contributed by atoms with Crippen molar-refractivity contribution in [2.45, 2.75) is 104 Å². The van der Waals surface area contributed by atoms with Gasteiger partial charge >= 0.3 is 0 Å². The van der Waals surface area contributed by atoms with Gasteiger partial charge in [0.1, 0.15) is 0 Å². The predicted octanol–water partition coefficient (Wildman–Crippen LogP) is 6.57. The topological polar surface area (TPSA) is 27.7 Å². The van der Waals surface area contributed by atoms with Gasteiger partial charge in [-0.15, -0.1) is 0 Å². The van der Waals surface area contributed by atoms with Crippen LogP contribution in [0.1, 0.15) is 61.8 Å². The van der Waals surface area contributed by atoms with Gasteiger partial charge in [0.05, 0.1) is 12.2 Å². The highest BCUT2D eigenvalue weighted by atomic mass is 127. The predicted molar refractivity (Wildman–Crippen MR) is 123 cm³/mol. The standard InChI is InChI=1S/C21H41IO3Si/c1-15(17(3)25-26(9,10)20(4,5)6)11-12-16(2)19-18(13-14-22)23-21(7,8)24-19/h11-12,15-19H,13-14H2,1-10H3/b12-11-/t15?,16?,17?,18-,19?/m0/s1. The molecule has 4 unspecified atom stereocenters. The number of alkyl halides is 1. The minimum atomic E-state index is -1.73. The molecule has 1 fully saturated rings.